The fourth-order valence-electron chi connectivity index (χ4n) is 5.06. The third kappa shape index (κ3) is 2.65. The van der Waals surface area contributed by atoms with E-state index in [1.54, 1.807) is 0 Å². The van der Waals surface area contributed by atoms with Crippen LogP contribution in [0.15, 0.2) is 48.5 Å². The van der Waals surface area contributed by atoms with Crippen molar-refractivity contribution in [2.45, 2.75) is 25.3 Å². The van der Waals surface area contributed by atoms with Crippen LogP contribution >= 0.6 is 0 Å². The Morgan fingerprint density at radius 3 is 2.56 bits per heavy atom. The minimum atomic E-state index is -0.0386. The second-order valence-corrected chi connectivity index (χ2v) is 7.99. The van der Waals surface area contributed by atoms with E-state index in [4.69, 9.17) is 10.7 Å². The zero-order chi connectivity index (χ0) is 18.5. The maximum atomic E-state index is 12.7. The molecule has 3 N–H and O–H groups in total. The molecule has 1 heterocycles. The number of para-hydroxylation sites is 2. The molecule has 5 rings (SSSR count). The summed E-state index contributed by atoms with van der Waals surface area (Å²) in [5.41, 5.74) is 10.2. The van der Waals surface area contributed by atoms with Crippen LogP contribution < -0.4 is 11.1 Å². The third-order valence-corrected chi connectivity index (χ3v) is 6.48. The van der Waals surface area contributed by atoms with Crippen LogP contribution in [0.5, 0.6) is 0 Å². The number of hydrogen-bond acceptors (Lipinski definition) is 3. The molecule has 3 aromatic rings. The number of nitrogens with zero attached hydrogens (tertiary/aromatic N) is 2. The van der Waals surface area contributed by atoms with Gasteiger partial charge in [0, 0.05) is 24.3 Å². The van der Waals surface area contributed by atoms with Crippen LogP contribution in [0.3, 0.4) is 0 Å². The van der Waals surface area contributed by atoms with Crippen molar-refractivity contribution in [2.75, 3.05) is 5.32 Å². The van der Waals surface area contributed by atoms with Gasteiger partial charge >= 0.3 is 0 Å². The molecule has 2 fully saturated rings. The second-order valence-electron chi connectivity index (χ2n) is 7.99. The Morgan fingerprint density at radius 1 is 1.11 bits per heavy atom. The Kier molecular flexibility index (Phi) is 3.79. The standard InChI is InChI=1S/C22H24N4O/c1-26-18-5-3-2-4-17(18)25-21(26)13-8-10-16(11-9-13)24-22(27)19-14-6-7-15(12-14)20(19)23/h2-5,8-11,14-15,19-20H,6-7,12,23H2,1H3,(H,24,27). The highest BCUT2D eigenvalue weighted by Gasteiger charge is 2.49. The fourth-order valence-corrected chi connectivity index (χ4v) is 5.06. The Labute approximate surface area is 158 Å². The van der Waals surface area contributed by atoms with Crippen LogP contribution in [-0.4, -0.2) is 21.5 Å². The highest BCUT2D eigenvalue weighted by molar-refractivity contribution is 5.94. The Hall–Kier alpha value is -2.66. The smallest absolute Gasteiger partial charge is 0.229 e. The van der Waals surface area contributed by atoms with Crippen molar-refractivity contribution >= 4 is 22.6 Å². The zero-order valence-electron chi connectivity index (χ0n) is 15.4. The van der Waals surface area contributed by atoms with Gasteiger partial charge in [0.05, 0.1) is 17.0 Å². The number of amides is 1. The molecule has 2 aliphatic rings. The molecule has 2 bridgehead atoms. The molecule has 4 unspecified atom stereocenters. The van der Waals surface area contributed by atoms with Crippen molar-refractivity contribution in [3.8, 4) is 11.4 Å². The van der Waals surface area contributed by atoms with Crippen LogP contribution in [-0.2, 0) is 11.8 Å². The zero-order valence-corrected chi connectivity index (χ0v) is 15.4. The van der Waals surface area contributed by atoms with Crippen molar-refractivity contribution in [2.24, 2.45) is 30.5 Å². The lowest BCUT2D eigenvalue weighted by molar-refractivity contribution is -0.121. The molecule has 0 aliphatic heterocycles. The lowest BCUT2D eigenvalue weighted by atomic mass is 9.84. The summed E-state index contributed by atoms with van der Waals surface area (Å²) < 4.78 is 2.09. The van der Waals surface area contributed by atoms with Gasteiger partial charge in [-0.1, -0.05) is 12.1 Å². The van der Waals surface area contributed by atoms with Gasteiger partial charge in [-0.25, -0.2) is 4.98 Å². The number of aromatic nitrogens is 2. The normalized spacial score (nSPS) is 26.6. The topological polar surface area (TPSA) is 72.9 Å². The first kappa shape index (κ1) is 16.5. The second kappa shape index (κ2) is 6.20. The van der Waals surface area contributed by atoms with Crippen LogP contribution in [0.4, 0.5) is 5.69 Å². The number of hydrogen-bond donors (Lipinski definition) is 2. The monoisotopic (exact) mass is 360 g/mol. The predicted octanol–water partition coefficient (Wildman–Crippen LogP) is 3.55. The van der Waals surface area contributed by atoms with Crippen molar-refractivity contribution in [1.82, 2.24) is 9.55 Å². The van der Waals surface area contributed by atoms with Crippen molar-refractivity contribution < 1.29 is 4.79 Å². The number of carbonyl (C=O) groups excluding carboxylic acids is 1. The summed E-state index contributed by atoms with van der Waals surface area (Å²) in [5, 5.41) is 3.07. The Bertz CT molecular complexity index is 1000. The van der Waals surface area contributed by atoms with E-state index in [1.165, 1.54) is 6.42 Å². The average Bonchev–Trinajstić information content (AvgIpc) is 3.36. The predicted molar refractivity (Wildman–Crippen MR) is 107 cm³/mol. The van der Waals surface area contributed by atoms with E-state index in [2.05, 4.69) is 16.0 Å². The van der Waals surface area contributed by atoms with E-state index in [0.717, 1.165) is 41.0 Å². The van der Waals surface area contributed by atoms with Gasteiger partial charge < -0.3 is 15.6 Å². The Morgan fingerprint density at radius 2 is 1.85 bits per heavy atom. The molecular weight excluding hydrogens is 336 g/mol. The number of benzene rings is 2. The minimum absolute atomic E-state index is 0.0167. The summed E-state index contributed by atoms with van der Waals surface area (Å²) in [6, 6.07) is 16.0. The largest absolute Gasteiger partial charge is 0.327 e. The lowest BCUT2D eigenvalue weighted by Crippen LogP contribution is -2.42. The van der Waals surface area contributed by atoms with E-state index in [-0.39, 0.29) is 17.9 Å². The van der Waals surface area contributed by atoms with E-state index >= 15 is 0 Å². The van der Waals surface area contributed by atoms with Gasteiger partial charge in [-0.05, 0) is 67.5 Å². The van der Waals surface area contributed by atoms with Crippen LogP contribution in [0, 0.1) is 17.8 Å². The molecule has 1 amide bonds. The molecule has 5 nitrogen and oxygen atoms in total. The van der Waals surface area contributed by atoms with Crippen molar-refractivity contribution in [1.29, 1.82) is 0 Å². The minimum Gasteiger partial charge on any atom is -0.327 e. The highest BCUT2D eigenvalue weighted by atomic mass is 16.2. The quantitative estimate of drug-likeness (QED) is 0.750. The summed E-state index contributed by atoms with van der Waals surface area (Å²) in [4.78, 5) is 17.5. The van der Waals surface area contributed by atoms with E-state index < -0.39 is 0 Å². The first-order valence-electron chi connectivity index (χ1n) is 9.70. The molecule has 0 spiro atoms. The first-order valence-corrected chi connectivity index (χ1v) is 9.70. The summed E-state index contributed by atoms with van der Waals surface area (Å²) in [6.07, 6.45) is 3.44. The summed E-state index contributed by atoms with van der Waals surface area (Å²) in [6.45, 7) is 0. The van der Waals surface area contributed by atoms with Crippen molar-refractivity contribution in [3.05, 3.63) is 48.5 Å². The average molecular weight is 360 g/mol. The number of carbonyl (C=O) groups is 1. The molecule has 0 saturated heterocycles. The van der Waals surface area contributed by atoms with E-state index in [9.17, 15) is 4.79 Å². The van der Waals surface area contributed by atoms with Crippen LogP contribution in [0.25, 0.3) is 22.4 Å². The third-order valence-electron chi connectivity index (χ3n) is 6.48. The fraction of sp³-hybridized carbons (Fsp3) is 0.364. The number of anilines is 1. The number of fused-ring (bicyclic) bond motifs is 3. The molecule has 27 heavy (non-hydrogen) atoms. The number of imidazole rings is 1. The molecule has 1 aromatic heterocycles. The van der Waals surface area contributed by atoms with Gasteiger partial charge in [0.1, 0.15) is 5.82 Å². The van der Waals surface area contributed by atoms with Gasteiger partial charge in [-0.15, -0.1) is 0 Å². The summed E-state index contributed by atoms with van der Waals surface area (Å²) >= 11 is 0. The van der Waals surface area contributed by atoms with E-state index in [0.29, 0.717) is 11.8 Å². The van der Waals surface area contributed by atoms with Crippen LogP contribution in [0.2, 0.25) is 0 Å². The molecule has 2 aromatic carbocycles. The number of rotatable bonds is 3. The van der Waals surface area contributed by atoms with Gasteiger partial charge in [0.15, 0.2) is 0 Å². The maximum Gasteiger partial charge on any atom is 0.229 e. The van der Waals surface area contributed by atoms with Gasteiger partial charge in [0.25, 0.3) is 0 Å². The number of aryl methyl sites for hydroxylation is 1. The molecule has 4 atom stereocenters. The SMILES string of the molecule is Cn1c(-c2ccc(NC(=O)C3C4CCC(C4)C3N)cc2)nc2ccccc21. The van der Waals surface area contributed by atoms with Gasteiger partial charge in [-0.2, -0.15) is 0 Å². The highest BCUT2D eigenvalue weighted by Crippen LogP contribution is 2.47. The van der Waals surface area contributed by atoms with Gasteiger partial charge in [-0.3, -0.25) is 4.79 Å². The lowest BCUT2D eigenvalue weighted by Gasteiger charge is -2.27. The molecule has 138 valence electrons. The maximum absolute atomic E-state index is 12.7. The first-order chi connectivity index (χ1) is 13.1. The van der Waals surface area contributed by atoms with Gasteiger partial charge in [0.2, 0.25) is 5.91 Å². The molecule has 2 aliphatic carbocycles. The molecular formula is C22H24N4O. The number of nitrogens with two attached hydrogens (primary N) is 1. The molecule has 2 saturated carbocycles. The summed E-state index contributed by atoms with van der Waals surface area (Å²) in [7, 11) is 2.02. The summed E-state index contributed by atoms with van der Waals surface area (Å²) in [5.74, 6) is 1.95. The van der Waals surface area contributed by atoms with E-state index in [1.807, 2.05) is 49.5 Å². The van der Waals surface area contributed by atoms with Crippen molar-refractivity contribution in [3.63, 3.8) is 0 Å². The van der Waals surface area contributed by atoms with Crippen LogP contribution in [0.1, 0.15) is 19.3 Å². The molecule has 0 radical (unpaired) electrons. The molecule has 5 heteroatoms. The number of nitrogens with one attached hydrogen (secondary N) is 1. The Balaban J connectivity index is 1.36.